The summed E-state index contributed by atoms with van der Waals surface area (Å²) in [5.74, 6) is 0. The minimum absolute atomic E-state index is 0.229. The van der Waals surface area contributed by atoms with Gasteiger partial charge in [0.25, 0.3) is 0 Å². The van der Waals surface area contributed by atoms with Gasteiger partial charge in [0.1, 0.15) is 0 Å². The summed E-state index contributed by atoms with van der Waals surface area (Å²) >= 11 is 0. The topological polar surface area (TPSA) is 55.8 Å². The molecule has 2 atom stereocenters. The first-order chi connectivity index (χ1) is 9.48. The Labute approximate surface area is 122 Å². The predicted octanol–water partition coefficient (Wildman–Crippen LogP) is 2.09. The molecule has 0 spiro atoms. The molecule has 1 N–H and O–H groups in total. The molecule has 1 aromatic rings. The lowest BCUT2D eigenvalue weighted by Crippen LogP contribution is -2.40. The van der Waals surface area contributed by atoms with E-state index in [1.807, 2.05) is 30.3 Å². The van der Waals surface area contributed by atoms with Crippen molar-refractivity contribution in [1.29, 1.82) is 0 Å². The maximum absolute atomic E-state index is 12.7. The van der Waals surface area contributed by atoms with Gasteiger partial charge in [-0.1, -0.05) is 18.2 Å². The number of hydrogen-bond acceptors (Lipinski definition) is 4. The highest BCUT2D eigenvalue weighted by atomic mass is 32.2. The van der Waals surface area contributed by atoms with Gasteiger partial charge in [0.2, 0.25) is 0 Å². The van der Waals surface area contributed by atoms with Gasteiger partial charge in [-0.2, -0.15) is 0 Å². The summed E-state index contributed by atoms with van der Waals surface area (Å²) < 4.78 is 23.5. The first-order valence-corrected chi connectivity index (χ1v) is 8.11. The Morgan fingerprint density at radius 3 is 2.45 bits per heavy atom. The average molecular weight is 298 g/mol. The van der Waals surface area contributed by atoms with E-state index in [1.165, 1.54) is 0 Å². The van der Waals surface area contributed by atoms with Crippen LogP contribution in [-0.2, 0) is 20.3 Å². The Hall–Kier alpha value is -0.750. The molecule has 1 fully saturated rings. The van der Waals surface area contributed by atoms with E-state index in [2.05, 4.69) is 0 Å². The molecule has 1 saturated heterocycles. The number of ether oxygens (including phenoxy) is 2. The van der Waals surface area contributed by atoms with Crippen LogP contribution in [0, 0.1) is 0 Å². The van der Waals surface area contributed by atoms with Gasteiger partial charge < -0.3 is 14.6 Å². The van der Waals surface area contributed by atoms with E-state index in [9.17, 15) is 9.32 Å². The van der Waals surface area contributed by atoms with Gasteiger partial charge in [0, 0.05) is 4.90 Å². The van der Waals surface area contributed by atoms with Crippen LogP contribution >= 0.6 is 0 Å². The van der Waals surface area contributed by atoms with Gasteiger partial charge in [-0.25, -0.2) is 0 Å². The molecule has 5 heteroatoms. The summed E-state index contributed by atoms with van der Waals surface area (Å²) in [6.45, 7) is 4.63. The largest absolute Gasteiger partial charge is 0.389 e. The van der Waals surface area contributed by atoms with E-state index in [1.54, 1.807) is 13.8 Å². The van der Waals surface area contributed by atoms with E-state index in [4.69, 9.17) is 9.47 Å². The van der Waals surface area contributed by atoms with Crippen molar-refractivity contribution in [2.45, 2.75) is 48.7 Å². The van der Waals surface area contributed by atoms with Crippen LogP contribution in [0.4, 0.5) is 0 Å². The van der Waals surface area contributed by atoms with Crippen LogP contribution in [0.25, 0.3) is 0 Å². The lowest BCUT2D eigenvalue weighted by molar-refractivity contribution is -0.0508. The number of benzene rings is 1. The summed E-state index contributed by atoms with van der Waals surface area (Å²) in [4.78, 5) is 0.743. The fraction of sp³-hybridized carbons (Fsp3) is 0.600. The third kappa shape index (κ3) is 4.12. The van der Waals surface area contributed by atoms with E-state index < -0.39 is 16.4 Å². The number of hydrogen-bond donors (Lipinski definition) is 1. The van der Waals surface area contributed by atoms with Crippen molar-refractivity contribution in [2.24, 2.45) is 0 Å². The first-order valence-electron chi connectivity index (χ1n) is 6.89. The molecule has 0 aromatic heterocycles. The van der Waals surface area contributed by atoms with Gasteiger partial charge in [0.05, 0.1) is 34.9 Å². The molecule has 112 valence electrons. The van der Waals surface area contributed by atoms with E-state index in [-0.39, 0.29) is 11.5 Å². The lowest BCUT2D eigenvalue weighted by atomic mass is 10.0. The Morgan fingerprint density at radius 1 is 1.30 bits per heavy atom. The minimum atomic E-state index is -1.25. The molecule has 0 aliphatic carbocycles. The maximum Gasteiger partial charge on any atom is 0.157 e. The standard InChI is InChI=1S/C15H22O4S/c1-15(2,16)13(8-9-14-18-10-11-19-14)20(17)12-6-4-3-5-7-12/h3-7,13-14,16H,8-11H2,1-2H3. The zero-order chi connectivity index (χ0) is 14.6. The SMILES string of the molecule is CC(C)(O)C(CCC1OCCO1)S(=O)c1ccccc1. The van der Waals surface area contributed by atoms with Gasteiger partial charge in [0.15, 0.2) is 6.29 Å². The van der Waals surface area contributed by atoms with Crippen molar-refractivity contribution in [3.8, 4) is 0 Å². The highest BCUT2D eigenvalue weighted by Crippen LogP contribution is 2.26. The smallest absolute Gasteiger partial charge is 0.157 e. The predicted molar refractivity (Wildman–Crippen MR) is 77.9 cm³/mol. The van der Waals surface area contributed by atoms with Crippen LogP contribution in [0.3, 0.4) is 0 Å². The Morgan fingerprint density at radius 2 is 1.90 bits per heavy atom. The van der Waals surface area contributed by atoms with E-state index in [0.29, 0.717) is 26.1 Å². The molecule has 0 saturated carbocycles. The Kier molecular flexibility index (Phi) is 5.32. The van der Waals surface area contributed by atoms with Crippen molar-refractivity contribution >= 4 is 10.8 Å². The molecule has 1 aliphatic heterocycles. The number of aliphatic hydroxyl groups is 1. The summed E-state index contributed by atoms with van der Waals surface area (Å²) in [6.07, 6.45) is 1.01. The molecule has 1 aliphatic rings. The van der Waals surface area contributed by atoms with Crippen LogP contribution in [-0.4, -0.2) is 39.7 Å². The fourth-order valence-corrected chi connectivity index (χ4v) is 3.93. The van der Waals surface area contributed by atoms with Gasteiger partial charge in [-0.15, -0.1) is 0 Å². The van der Waals surface area contributed by atoms with Crippen LogP contribution < -0.4 is 0 Å². The molecular weight excluding hydrogens is 276 g/mol. The number of rotatable bonds is 6. The van der Waals surface area contributed by atoms with Crippen molar-refractivity contribution in [1.82, 2.24) is 0 Å². The van der Waals surface area contributed by atoms with Gasteiger partial charge in [-0.05, 0) is 38.8 Å². The van der Waals surface area contributed by atoms with Crippen LogP contribution in [0.15, 0.2) is 35.2 Å². The summed E-state index contributed by atoms with van der Waals surface area (Å²) in [5, 5.41) is 9.96. The zero-order valence-electron chi connectivity index (χ0n) is 12.0. The molecule has 4 nitrogen and oxygen atoms in total. The van der Waals surface area contributed by atoms with Crippen LogP contribution in [0.5, 0.6) is 0 Å². The average Bonchev–Trinajstić information content (AvgIpc) is 2.91. The summed E-state index contributed by atoms with van der Waals surface area (Å²) in [5.41, 5.74) is -1.01. The van der Waals surface area contributed by atoms with Crippen LogP contribution in [0.1, 0.15) is 26.7 Å². The molecule has 1 heterocycles. The second-order valence-corrected chi connectivity index (χ2v) is 7.14. The zero-order valence-corrected chi connectivity index (χ0v) is 12.8. The lowest BCUT2D eigenvalue weighted by Gasteiger charge is -2.29. The Balaban J connectivity index is 2.05. The second-order valence-electron chi connectivity index (χ2n) is 5.50. The first kappa shape index (κ1) is 15.6. The normalized spacial score (nSPS) is 19.9. The molecule has 0 radical (unpaired) electrons. The van der Waals surface area contributed by atoms with Crippen molar-refractivity contribution in [3.63, 3.8) is 0 Å². The maximum atomic E-state index is 12.7. The van der Waals surface area contributed by atoms with E-state index in [0.717, 1.165) is 4.90 Å². The Bertz CT molecular complexity index is 435. The highest BCUT2D eigenvalue weighted by molar-refractivity contribution is 7.85. The van der Waals surface area contributed by atoms with E-state index >= 15 is 0 Å². The monoisotopic (exact) mass is 298 g/mol. The molecule has 20 heavy (non-hydrogen) atoms. The third-order valence-corrected chi connectivity index (χ3v) is 5.44. The van der Waals surface area contributed by atoms with Gasteiger partial charge in [-0.3, -0.25) is 4.21 Å². The summed E-state index contributed by atoms with van der Waals surface area (Å²) in [6, 6.07) is 9.27. The fourth-order valence-electron chi connectivity index (χ4n) is 2.30. The second kappa shape index (κ2) is 6.80. The summed E-state index contributed by atoms with van der Waals surface area (Å²) in [7, 11) is -1.25. The molecule has 0 bridgehead atoms. The van der Waals surface area contributed by atoms with Crippen LogP contribution in [0.2, 0.25) is 0 Å². The minimum Gasteiger partial charge on any atom is -0.389 e. The third-order valence-electron chi connectivity index (χ3n) is 3.38. The molecule has 2 rings (SSSR count). The quantitative estimate of drug-likeness (QED) is 0.873. The van der Waals surface area contributed by atoms with Crippen molar-refractivity contribution in [2.75, 3.05) is 13.2 Å². The molecule has 1 aromatic carbocycles. The molecule has 2 unspecified atom stereocenters. The highest BCUT2D eigenvalue weighted by Gasteiger charge is 2.34. The van der Waals surface area contributed by atoms with Gasteiger partial charge >= 0.3 is 0 Å². The molecule has 0 amide bonds. The van der Waals surface area contributed by atoms with Crippen molar-refractivity contribution in [3.05, 3.63) is 30.3 Å². The molecular formula is C15H22O4S. The van der Waals surface area contributed by atoms with Crippen molar-refractivity contribution < 1.29 is 18.8 Å².